The number of likely N-dealkylation sites (N-methyl/N-ethyl adjacent to an activating group) is 3. The van der Waals surface area contributed by atoms with E-state index in [-0.39, 0.29) is 69.1 Å². The molecule has 2 aromatic carbocycles. The number of esters is 2. The molecule has 2 bridgehead atoms. The molecule has 2 fully saturated rings. The summed E-state index contributed by atoms with van der Waals surface area (Å²) in [7, 11) is 7.31. The maximum absolute atomic E-state index is 15.7. The van der Waals surface area contributed by atoms with E-state index in [1.54, 1.807) is 46.0 Å². The molecule has 21 nitrogen and oxygen atoms in total. The molecule has 3 aliphatic rings. The van der Waals surface area contributed by atoms with Crippen LogP contribution in [0.1, 0.15) is 111 Å². The van der Waals surface area contributed by atoms with Gasteiger partial charge >= 0.3 is 11.9 Å². The number of Topliss-reactive ketones (excluding diaryl/α,β-unsaturated/α-hetero) is 1. The smallest absolute Gasteiger partial charge is 0.330 e. The quantitative estimate of drug-likeness (QED) is 0.300. The Morgan fingerprint density at radius 1 is 0.772 bits per heavy atom. The number of piperidine rings is 1. The predicted molar refractivity (Wildman–Crippen MR) is 286 cm³/mol. The van der Waals surface area contributed by atoms with Gasteiger partial charge < -0.3 is 58.2 Å². The first-order chi connectivity index (χ1) is 37.2. The first-order valence-electron chi connectivity index (χ1n) is 26.7. The number of benzene rings is 2. The highest BCUT2D eigenvalue weighted by atomic mass is 19.1. The number of nitrogens with one attached hydrogen (secondary N) is 1. The van der Waals surface area contributed by atoms with Gasteiger partial charge in [0.25, 0.3) is 11.8 Å². The van der Waals surface area contributed by atoms with Crippen LogP contribution in [0, 0.1) is 11.2 Å². The van der Waals surface area contributed by atoms with E-state index in [9.17, 15) is 43.2 Å². The number of hydrogen-bond acceptors (Lipinski definition) is 15. The second-order valence-electron chi connectivity index (χ2n) is 21.9. The molecule has 3 heterocycles. The molecule has 0 aliphatic carbocycles. The molecule has 6 atom stereocenters. The summed E-state index contributed by atoms with van der Waals surface area (Å²) in [5.74, 6) is -6.47. The van der Waals surface area contributed by atoms with Crippen LogP contribution in [0.5, 0.6) is 17.2 Å². The van der Waals surface area contributed by atoms with Crippen molar-refractivity contribution in [3.05, 3.63) is 65.5 Å². The van der Waals surface area contributed by atoms with Crippen molar-refractivity contribution >= 4 is 53.2 Å². The van der Waals surface area contributed by atoms with Gasteiger partial charge in [0, 0.05) is 52.9 Å². The third-order valence-corrected chi connectivity index (χ3v) is 14.4. The highest BCUT2D eigenvalue weighted by molar-refractivity contribution is 6.38. The molecule has 79 heavy (non-hydrogen) atoms. The van der Waals surface area contributed by atoms with Gasteiger partial charge in [-0.3, -0.25) is 33.6 Å². The normalized spacial score (nSPS) is 24.5. The number of nitrogens with zero attached hydrogens (tertiary/aromatic N) is 5. The van der Waals surface area contributed by atoms with E-state index in [4.69, 9.17) is 28.4 Å². The fraction of sp³-hybridized carbons (Fsp3) is 0.596. The van der Waals surface area contributed by atoms with Crippen LogP contribution in [0.25, 0.3) is 0 Å². The van der Waals surface area contributed by atoms with Gasteiger partial charge in [0.1, 0.15) is 54.5 Å². The molecule has 22 heteroatoms. The third-order valence-electron chi connectivity index (χ3n) is 14.4. The number of hydrogen-bond donors (Lipinski definition) is 1. The lowest BCUT2D eigenvalue weighted by molar-refractivity contribution is -0.165. The Morgan fingerprint density at radius 2 is 1.46 bits per heavy atom. The molecular weight excluding hydrogens is 1030 g/mol. The number of carbonyl (C=O) groups is 9. The summed E-state index contributed by atoms with van der Waals surface area (Å²) in [4.78, 5) is 131. The van der Waals surface area contributed by atoms with Crippen LogP contribution in [0.4, 0.5) is 4.39 Å². The highest BCUT2D eigenvalue weighted by Gasteiger charge is 2.44. The molecule has 2 aromatic rings. The number of rotatable bonds is 7. The number of ketones is 1. The number of aryl methyl sites for hydroxylation is 1. The zero-order chi connectivity index (χ0) is 58.5. The zero-order valence-corrected chi connectivity index (χ0v) is 47.7. The van der Waals surface area contributed by atoms with Crippen molar-refractivity contribution in [1.82, 2.24) is 29.8 Å². The van der Waals surface area contributed by atoms with Crippen LogP contribution in [0.2, 0.25) is 0 Å². The van der Waals surface area contributed by atoms with Crippen LogP contribution in [0.15, 0.2) is 48.6 Å². The van der Waals surface area contributed by atoms with Gasteiger partial charge in [-0.15, -0.1) is 0 Å². The minimum Gasteiger partial charge on any atom is -0.493 e. The van der Waals surface area contributed by atoms with Crippen LogP contribution >= 0.6 is 0 Å². The van der Waals surface area contributed by atoms with Crippen molar-refractivity contribution in [2.45, 2.75) is 142 Å². The van der Waals surface area contributed by atoms with Crippen LogP contribution < -0.4 is 19.5 Å². The van der Waals surface area contributed by atoms with Gasteiger partial charge in [0.05, 0.1) is 31.8 Å². The van der Waals surface area contributed by atoms with Gasteiger partial charge in [0.15, 0.2) is 18.1 Å². The first kappa shape index (κ1) is 62.7. The SMILES string of the molecule is COc1ccc(CC[C@H]2OC(=O)[C@@H]3CCCCN3C(=O)C(=O)C(C)(C)COC(=O)C=CCCN(C)C(=O)[C@@H]3CCCN3C(=O)[C@H](COC(C)(C)C)N(C)C(=O)[C@@H](C)NC(=O)[C@H](C)N(C)C(=O)COc3cc(F)cc2c3)cc1OC. The summed E-state index contributed by atoms with van der Waals surface area (Å²) < 4.78 is 50.0. The second kappa shape index (κ2) is 27.7. The lowest BCUT2D eigenvalue weighted by Gasteiger charge is -2.36. The number of methoxy groups -OCH3 is 2. The molecule has 3 aliphatic heterocycles. The monoisotopic (exact) mass is 1110 g/mol. The van der Waals surface area contributed by atoms with Gasteiger partial charge in [-0.25, -0.2) is 14.0 Å². The largest absolute Gasteiger partial charge is 0.493 e. The van der Waals surface area contributed by atoms with Crippen molar-refractivity contribution in [2.24, 2.45) is 5.41 Å². The van der Waals surface area contributed by atoms with Gasteiger partial charge in [-0.05, 0) is 135 Å². The van der Waals surface area contributed by atoms with E-state index in [0.29, 0.717) is 37.2 Å². The van der Waals surface area contributed by atoms with Crippen molar-refractivity contribution in [2.75, 3.05) is 74.8 Å². The Labute approximate surface area is 462 Å². The van der Waals surface area contributed by atoms with Crippen LogP contribution in [0.3, 0.4) is 0 Å². The van der Waals surface area contributed by atoms with Crippen molar-refractivity contribution in [1.29, 1.82) is 0 Å². The molecule has 0 aromatic heterocycles. The van der Waals surface area contributed by atoms with Crippen molar-refractivity contribution in [3.8, 4) is 17.2 Å². The standard InChI is InChI=1S/C57H79FN6O15/c1-35-51(69)62(10)43(32-78-56(3,4)5)53(71)63-27-17-19-41(63)52(70)60(8)25-15-14-20-48(66)77-34-57(6,7)49(67)54(72)64-26-16-13-18-42(64)55(73)79-44(23-21-37-22-24-45(74-11)46(28-37)75-12)38-29-39(58)31-40(30-38)76-33-47(65)61(9)36(2)50(68)59-35/h14,20,22,24,28-31,35-36,41-44H,13,15-19,21,23,25-27,32-34H2,1-12H3,(H,59,68)/t35-,36+,41+,42+,43+,44-/m1/s1. The molecule has 0 saturated carbocycles. The molecule has 2 saturated heterocycles. The molecular formula is C57H79FN6O15. The van der Waals surface area contributed by atoms with E-state index in [0.717, 1.165) is 33.6 Å². The van der Waals surface area contributed by atoms with E-state index < -0.39 is 114 Å². The average Bonchev–Trinajstić information content (AvgIpc) is 3.95. The van der Waals surface area contributed by atoms with Crippen LogP contribution in [-0.2, 0) is 63.8 Å². The summed E-state index contributed by atoms with van der Waals surface area (Å²) >= 11 is 0. The molecule has 0 radical (unpaired) electrons. The molecule has 1 N–H and O–H groups in total. The first-order valence-corrected chi connectivity index (χ1v) is 26.7. The van der Waals surface area contributed by atoms with Crippen molar-refractivity contribution in [3.63, 3.8) is 0 Å². The predicted octanol–water partition coefficient (Wildman–Crippen LogP) is 4.36. The summed E-state index contributed by atoms with van der Waals surface area (Å²) in [6, 6.07) is 3.21. The minimum atomic E-state index is -1.53. The Bertz CT molecular complexity index is 2600. The van der Waals surface area contributed by atoms with E-state index in [2.05, 4.69) is 5.32 Å². The topological polar surface area (TPSA) is 237 Å². The maximum atomic E-state index is 15.7. The second-order valence-corrected chi connectivity index (χ2v) is 21.9. The lowest BCUT2D eigenvalue weighted by Crippen LogP contribution is -2.59. The number of amides is 6. The zero-order valence-electron chi connectivity index (χ0n) is 47.7. The van der Waals surface area contributed by atoms with Gasteiger partial charge in [-0.1, -0.05) is 12.1 Å². The highest BCUT2D eigenvalue weighted by Crippen LogP contribution is 2.34. The van der Waals surface area contributed by atoms with Gasteiger partial charge in [-0.2, -0.15) is 0 Å². The average molecular weight is 1110 g/mol. The number of cyclic esters (lactones) is 2. The molecule has 434 valence electrons. The molecule has 0 spiro atoms. The number of halogens is 1. The Kier molecular flexibility index (Phi) is 22.0. The summed E-state index contributed by atoms with van der Waals surface area (Å²) in [5, 5.41) is 2.64. The maximum Gasteiger partial charge on any atom is 0.330 e. The van der Waals surface area contributed by atoms with Crippen molar-refractivity contribution < 1.29 is 76.0 Å². The third kappa shape index (κ3) is 16.7. The fourth-order valence-corrected chi connectivity index (χ4v) is 9.37. The van der Waals surface area contributed by atoms with E-state index in [1.165, 1.54) is 82.9 Å². The van der Waals surface area contributed by atoms with E-state index in [1.807, 2.05) is 0 Å². The Morgan fingerprint density at radius 3 is 2.14 bits per heavy atom. The van der Waals surface area contributed by atoms with Crippen LogP contribution in [-0.4, -0.2) is 188 Å². The number of ether oxygens (including phenoxy) is 6. The lowest BCUT2D eigenvalue weighted by atomic mass is 9.87. The summed E-state index contributed by atoms with van der Waals surface area (Å²) in [6.45, 7) is 10.2. The molecule has 6 amide bonds. The molecule has 0 unspecified atom stereocenters. The fourth-order valence-electron chi connectivity index (χ4n) is 9.37. The van der Waals surface area contributed by atoms with E-state index >= 15 is 4.39 Å². The summed E-state index contributed by atoms with van der Waals surface area (Å²) in [5.41, 5.74) is -1.36. The number of fused-ring (bicyclic) bond motifs is 4. The Balaban J connectivity index is 1.46. The summed E-state index contributed by atoms with van der Waals surface area (Å²) in [6.07, 6.45) is 4.06. The Hall–Kier alpha value is -7.10. The van der Waals surface area contributed by atoms with Gasteiger partial charge in [0.2, 0.25) is 29.4 Å². The molecule has 5 rings (SSSR count). The minimum absolute atomic E-state index is 0.0490. The number of carbonyl (C=O) groups excluding carboxylic acids is 9.